The van der Waals surface area contributed by atoms with Gasteiger partial charge < -0.3 is 14.6 Å². The van der Waals surface area contributed by atoms with Gasteiger partial charge in [0.05, 0.1) is 13.2 Å². The summed E-state index contributed by atoms with van der Waals surface area (Å²) in [4.78, 5) is 9.46. The van der Waals surface area contributed by atoms with Gasteiger partial charge in [-0.25, -0.2) is 0 Å². The first-order valence-corrected chi connectivity index (χ1v) is 9.58. The zero-order valence-electron chi connectivity index (χ0n) is 15.4. The van der Waals surface area contributed by atoms with Gasteiger partial charge in [0, 0.05) is 12.8 Å². The van der Waals surface area contributed by atoms with Crippen molar-refractivity contribution in [3.05, 3.63) is 0 Å². The molecule has 0 unspecified atom stereocenters. The van der Waals surface area contributed by atoms with Gasteiger partial charge in [-0.3, -0.25) is 4.79 Å². The van der Waals surface area contributed by atoms with Crippen molar-refractivity contribution in [1.82, 2.24) is 0 Å². The maximum atomic E-state index is 9.46. The highest BCUT2D eigenvalue weighted by Crippen LogP contribution is 2.44. The van der Waals surface area contributed by atoms with Crippen LogP contribution in [0.5, 0.6) is 0 Å². The molecule has 0 amide bonds. The van der Waals surface area contributed by atoms with Crippen molar-refractivity contribution >= 4 is 5.97 Å². The van der Waals surface area contributed by atoms with Crippen molar-refractivity contribution in [1.29, 1.82) is 0 Å². The Balaban J connectivity index is 0.000000554. The van der Waals surface area contributed by atoms with E-state index in [1.807, 2.05) is 19.8 Å². The Hall–Kier alpha value is -1.05. The molecule has 1 heterocycles. The Kier molecular flexibility index (Phi) is 12.6. The molecule has 0 aromatic rings. The monoisotopic (exact) mass is 354 g/mol. The minimum atomic E-state index is -0.947. The molecule has 3 rings (SSSR count). The highest BCUT2D eigenvalue weighted by atomic mass is 16.7. The summed E-state index contributed by atoms with van der Waals surface area (Å²) >= 11 is 0. The molecule has 3 aliphatic rings. The molecule has 2 saturated carbocycles. The standard InChI is InChI=1S/C14H24O2.C4H4O2.C2H6.CH4/c1-2-4-12(5-3-1)13-6-8-14(9-7-13)15-10-11-16-14;1-2-3-4(5)6;1-2;/h12-13H,1-11H2;1H,3H2,(H,5,6);1-2H3;1H4. The second-order valence-electron chi connectivity index (χ2n) is 6.62. The van der Waals surface area contributed by atoms with Gasteiger partial charge in [-0.15, -0.1) is 6.42 Å². The molecule has 4 nitrogen and oxygen atoms in total. The molecule has 1 aliphatic heterocycles. The Labute approximate surface area is 154 Å². The number of hydrogen-bond acceptors (Lipinski definition) is 3. The van der Waals surface area contributed by atoms with E-state index in [1.54, 1.807) is 0 Å². The summed E-state index contributed by atoms with van der Waals surface area (Å²) in [5.41, 5.74) is 0. The highest BCUT2D eigenvalue weighted by Gasteiger charge is 2.41. The molecule has 1 spiro atoms. The fourth-order valence-electron chi connectivity index (χ4n) is 4.03. The third kappa shape index (κ3) is 8.25. The van der Waals surface area contributed by atoms with E-state index in [-0.39, 0.29) is 19.6 Å². The number of ether oxygens (including phenoxy) is 2. The lowest BCUT2D eigenvalue weighted by Gasteiger charge is -2.39. The van der Waals surface area contributed by atoms with E-state index in [0.29, 0.717) is 0 Å². The third-order valence-corrected chi connectivity index (χ3v) is 5.18. The summed E-state index contributed by atoms with van der Waals surface area (Å²) < 4.78 is 11.6. The number of hydrogen-bond donors (Lipinski definition) is 1. The number of aliphatic carboxylic acids is 1. The lowest BCUT2D eigenvalue weighted by Crippen LogP contribution is -2.37. The second kappa shape index (κ2) is 13.2. The van der Waals surface area contributed by atoms with Crippen LogP contribution in [0.3, 0.4) is 0 Å². The quantitative estimate of drug-likeness (QED) is 0.688. The van der Waals surface area contributed by atoms with Gasteiger partial charge in [0.2, 0.25) is 0 Å². The Morgan fingerprint density at radius 2 is 1.52 bits per heavy atom. The van der Waals surface area contributed by atoms with Gasteiger partial charge in [-0.2, -0.15) is 0 Å². The normalized spacial score (nSPS) is 22.4. The van der Waals surface area contributed by atoms with Gasteiger partial charge in [0.1, 0.15) is 6.42 Å². The van der Waals surface area contributed by atoms with Crippen LogP contribution in [-0.4, -0.2) is 30.1 Å². The Morgan fingerprint density at radius 1 is 1.04 bits per heavy atom. The zero-order chi connectivity index (χ0) is 17.8. The van der Waals surface area contributed by atoms with Gasteiger partial charge in [-0.1, -0.05) is 59.3 Å². The lowest BCUT2D eigenvalue weighted by molar-refractivity contribution is -0.185. The van der Waals surface area contributed by atoms with Gasteiger partial charge in [0.25, 0.3) is 0 Å². The number of rotatable bonds is 2. The average Bonchev–Trinajstić information content (AvgIpc) is 3.07. The molecular formula is C21H38O4. The van der Waals surface area contributed by atoms with E-state index in [2.05, 4.69) is 6.42 Å². The van der Waals surface area contributed by atoms with E-state index in [4.69, 9.17) is 14.6 Å². The Morgan fingerprint density at radius 3 is 1.92 bits per heavy atom. The minimum Gasteiger partial charge on any atom is -0.481 e. The molecule has 0 atom stereocenters. The number of terminal acetylenes is 1. The molecule has 2 aliphatic carbocycles. The molecule has 146 valence electrons. The molecule has 1 saturated heterocycles. The minimum absolute atomic E-state index is 0. The maximum Gasteiger partial charge on any atom is 0.315 e. The average molecular weight is 355 g/mol. The summed E-state index contributed by atoms with van der Waals surface area (Å²) in [5.74, 6) is 2.87. The maximum absolute atomic E-state index is 9.46. The first kappa shape index (κ1) is 23.9. The lowest BCUT2D eigenvalue weighted by atomic mass is 9.72. The summed E-state index contributed by atoms with van der Waals surface area (Å²) in [5, 5.41) is 7.77. The van der Waals surface area contributed by atoms with E-state index in [1.165, 1.54) is 44.9 Å². The molecule has 3 fully saturated rings. The van der Waals surface area contributed by atoms with Crippen LogP contribution >= 0.6 is 0 Å². The predicted octanol–water partition coefficient (Wildman–Crippen LogP) is 5.26. The summed E-state index contributed by atoms with van der Waals surface area (Å²) in [6.45, 7) is 5.63. The van der Waals surface area contributed by atoms with Crippen molar-refractivity contribution < 1.29 is 19.4 Å². The van der Waals surface area contributed by atoms with Crippen LogP contribution in [-0.2, 0) is 14.3 Å². The SMILES string of the molecule is C.C#CCC(=O)O.C1CCC(C2CCC3(CC2)OCCO3)CC1.CC. The molecule has 4 heteroatoms. The van der Waals surface area contributed by atoms with Crippen molar-refractivity contribution in [3.63, 3.8) is 0 Å². The van der Waals surface area contributed by atoms with Crippen LogP contribution < -0.4 is 0 Å². The molecular weight excluding hydrogens is 316 g/mol. The second-order valence-corrected chi connectivity index (χ2v) is 6.62. The first-order valence-electron chi connectivity index (χ1n) is 9.58. The highest BCUT2D eigenvalue weighted by molar-refractivity contribution is 5.69. The third-order valence-electron chi connectivity index (χ3n) is 5.18. The van der Waals surface area contributed by atoms with Crippen molar-refractivity contribution in [3.8, 4) is 12.3 Å². The van der Waals surface area contributed by atoms with Crippen LogP contribution in [0.2, 0.25) is 0 Å². The summed E-state index contributed by atoms with van der Waals surface area (Å²) in [6.07, 6.45) is 16.8. The molecule has 0 aromatic heterocycles. The van der Waals surface area contributed by atoms with Crippen LogP contribution in [0.1, 0.15) is 85.5 Å². The van der Waals surface area contributed by atoms with Crippen molar-refractivity contribution in [2.24, 2.45) is 11.8 Å². The Bertz CT molecular complexity index is 377. The van der Waals surface area contributed by atoms with Gasteiger partial charge in [-0.05, 0) is 24.7 Å². The van der Waals surface area contributed by atoms with Gasteiger partial charge in [0.15, 0.2) is 5.79 Å². The fraction of sp³-hybridized carbons (Fsp3) is 0.857. The predicted molar refractivity (Wildman–Crippen MR) is 102 cm³/mol. The van der Waals surface area contributed by atoms with E-state index in [9.17, 15) is 4.79 Å². The largest absolute Gasteiger partial charge is 0.481 e. The topological polar surface area (TPSA) is 55.8 Å². The summed E-state index contributed by atoms with van der Waals surface area (Å²) in [7, 11) is 0. The van der Waals surface area contributed by atoms with Crippen LogP contribution in [0, 0.1) is 24.2 Å². The van der Waals surface area contributed by atoms with Gasteiger partial charge >= 0.3 is 5.97 Å². The van der Waals surface area contributed by atoms with Crippen LogP contribution in [0.4, 0.5) is 0 Å². The summed E-state index contributed by atoms with van der Waals surface area (Å²) in [6, 6.07) is 0. The zero-order valence-corrected chi connectivity index (χ0v) is 15.4. The molecule has 25 heavy (non-hydrogen) atoms. The fourth-order valence-corrected chi connectivity index (χ4v) is 4.03. The van der Waals surface area contributed by atoms with Crippen LogP contribution in [0.15, 0.2) is 0 Å². The first-order chi connectivity index (χ1) is 11.7. The van der Waals surface area contributed by atoms with E-state index >= 15 is 0 Å². The molecule has 0 aromatic carbocycles. The van der Waals surface area contributed by atoms with Crippen molar-refractivity contribution in [2.45, 2.75) is 91.3 Å². The van der Waals surface area contributed by atoms with Crippen LogP contribution in [0.25, 0.3) is 0 Å². The van der Waals surface area contributed by atoms with Crippen molar-refractivity contribution in [2.75, 3.05) is 13.2 Å². The molecule has 1 N–H and O–H groups in total. The number of carboxylic acid groups (broad SMARTS) is 1. The smallest absolute Gasteiger partial charge is 0.315 e. The number of carboxylic acids is 1. The molecule has 0 radical (unpaired) electrons. The molecule has 0 bridgehead atoms. The number of carbonyl (C=O) groups is 1. The van der Waals surface area contributed by atoms with E-state index in [0.717, 1.165) is 37.9 Å². The van der Waals surface area contributed by atoms with E-state index < -0.39 is 5.97 Å².